The van der Waals surface area contributed by atoms with Gasteiger partial charge in [0.05, 0.1) is 55.5 Å². The SMILES string of the molecule is c1ccc(-c2ccc(-c3ccccc3)c(-c3cc(-c4cccc(-n5c6ccccc6c6ccc(-c7ccc8c(c7)c7ccccc7n8-c7ccccc7)cc65)c4)nc(-c4cccc(-n5c6ccccc6c6ccc(-c7ccc8c(c7)c7ccccc7n8-c7ccccc7)cc65)c4)n3)c2)cc1. The number of aromatic nitrogens is 6. The zero-order chi connectivity index (χ0) is 65.8. The van der Waals surface area contributed by atoms with Gasteiger partial charge in [0.2, 0.25) is 0 Å². The van der Waals surface area contributed by atoms with E-state index in [2.05, 4.69) is 382 Å². The van der Waals surface area contributed by atoms with E-state index in [1.807, 2.05) is 0 Å². The van der Waals surface area contributed by atoms with E-state index >= 15 is 0 Å². The molecular formula is C94H60N6. The van der Waals surface area contributed by atoms with E-state index in [0.29, 0.717) is 5.82 Å². The molecule has 15 aromatic carbocycles. The summed E-state index contributed by atoms with van der Waals surface area (Å²) in [5, 5.41) is 9.65. The number of rotatable bonds is 11. The van der Waals surface area contributed by atoms with E-state index in [1.54, 1.807) is 0 Å². The summed E-state index contributed by atoms with van der Waals surface area (Å²) >= 11 is 0. The third-order valence-electron chi connectivity index (χ3n) is 20.4. The fourth-order valence-corrected chi connectivity index (χ4v) is 15.8. The number of para-hydroxylation sites is 6. The molecule has 100 heavy (non-hydrogen) atoms. The van der Waals surface area contributed by atoms with Crippen LogP contribution in [-0.2, 0) is 0 Å². The van der Waals surface area contributed by atoms with Gasteiger partial charge in [-0.25, -0.2) is 9.97 Å². The van der Waals surface area contributed by atoms with E-state index in [0.717, 1.165) is 117 Å². The zero-order valence-corrected chi connectivity index (χ0v) is 54.3. The van der Waals surface area contributed by atoms with Crippen molar-refractivity contribution in [2.45, 2.75) is 0 Å². The summed E-state index contributed by atoms with van der Waals surface area (Å²) in [6.07, 6.45) is 0. The minimum atomic E-state index is 0.624. The Balaban J connectivity index is 0.750. The molecule has 0 atom stereocenters. The van der Waals surface area contributed by atoms with Crippen molar-refractivity contribution in [2.75, 3.05) is 0 Å². The Bertz CT molecular complexity index is 6300. The molecule has 0 amide bonds. The quantitative estimate of drug-likeness (QED) is 0.130. The number of benzene rings is 15. The fourth-order valence-electron chi connectivity index (χ4n) is 15.8. The zero-order valence-electron chi connectivity index (χ0n) is 54.3. The van der Waals surface area contributed by atoms with Gasteiger partial charge in [-0.3, -0.25) is 0 Å². The Morgan fingerprint density at radius 2 is 0.500 bits per heavy atom. The first-order valence-electron chi connectivity index (χ1n) is 34.2. The molecule has 20 aromatic rings. The molecule has 0 unspecified atom stereocenters. The summed E-state index contributed by atoms with van der Waals surface area (Å²) in [5.74, 6) is 0.624. The van der Waals surface area contributed by atoms with Crippen molar-refractivity contribution in [3.63, 3.8) is 0 Å². The molecule has 0 aliphatic heterocycles. The van der Waals surface area contributed by atoms with Gasteiger partial charge in [-0.05, 0) is 166 Å². The van der Waals surface area contributed by atoms with Gasteiger partial charge in [0, 0.05) is 82.5 Å². The monoisotopic (exact) mass is 1270 g/mol. The van der Waals surface area contributed by atoms with Crippen LogP contribution in [0.25, 0.3) is 188 Å². The van der Waals surface area contributed by atoms with Crippen LogP contribution in [0.4, 0.5) is 0 Å². The summed E-state index contributed by atoms with van der Waals surface area (Å²) < 4.78 is 9.61. The molecule has 0 aliphatic rings. The van der Waals surface area contributed by atoms with Crippen molar-refractivity contribution in [3.05, 3.63) is 364 Å². The molecule has 0 saturated heterocycles. The van der Waals surface area contributed by atoms with Crippen LogP contribution in [0.15, 0.2) is 364 Å². The maximum Gasteiger partial charge on any atom is 0.160 e. The summed E-state index contributed by atoms with van der Waals surface area (Å²) in [7, 11) is 0. The van der Waals surface area contributed by atoms with Crippen molar-refractivity contribution in [2.24, 2.45) is 0 Å². The minimum absolute atomic E-state index is 0.624. The fraction of sp³-hybridized carbons (Fsp3) is 0. The average Bonchev–Trinajstić information content (AvgIpc) is 1.59. The van der Waals surface area contributed by atoms with Crippen LogP contribution in [0.5, 0.6) is 0 Å². The molecule has 0 bridgehead atoms. The number of nitrogens with zero attached hydrogens (tertiary/aromatic N) is 6. The third-order valence-corrected chi connectivity index (χ3v) is 20.4. The van der Waals surface area contributed by atoms with Gasteiger partial charge in [-0.2, -0.15) is 0 Å². The molecule has 6 nitrogen and oxygen atoms in total. The van der Waals surface area contributed by atoms with Crippen molar-refractivity contribution >= 4 is 87.2 Å². The van der Waals surface area contributed by atoms with E-state index in [4.69, 9.17) is 9.97 Å². The second-order valence-electron chi connectivity index (χ2n) is 26.1. The van der Waals surface area contributed by atoms with E-state index in [1.165, 1.54) is 65.2 Å². The van der Waals surface area contributed by atoms with Crippen LogP contribution < -0.4 is 0 Å². The van der Waals surface area contributed by atoms with Gasteiger partial charge < -0.3 is 18.3 Å². The van der Waals surface area contributed by atoms with Crippen LogP contribution in [0.1, 0.15) is 0 Å². The number of fused-ring (bicyclic) bond motifs is 12. The molecule has 0 aliphatic carbocycles. The molecule has 5 aromatic heterocycles. The Morgan fingerprint density at radius 1 is 0.160 bits per heavy atom. The summed E-state index contributed by atoms with van der Waals surface area (Å²) in [6, 6.07) is 132. The van der Waals surface area contributed by atoms with Gasteiger partial charge in [-0.15, -0.1) is 0 Å². The Hall–Kier alpha value is -13.4. The first kappa shape index (κ1) is 56.9. The summed E-state index contributed by atoms with van der Waals surface area (Å²) in [6.45, 7) is 0. The van der Waals surface area contributed by atoms with E-state index in [-0.39, 0.29) is 0 Å². The minimum Gasteiger partial charge on any atom is -0.309 e. The molecule has 20 rings (SSSR count). The highest BCUT2D eigenvalue weighted by atomic mass is 15.0. The predicted molar refractivity (Wildman–Crippen MR) is 417 cm³/mol. The van der Waals surface area contributed by atoms with Crippen molar-refractivity contribution in [1.82, 2.24) is 28.2 Å². The molecular weight excluding hydrogens is 1210 g/mol. The number of hydrogen-bond acceptors (Lipinski definition) is 2. The highest BCUT2D eigenvalue weighted by Crippen LogP contribution is 2.44. The average molecular weight is 1270 g/mol. The smallest absolute Gasteiger partial charge is 0.160 e. The maximum absolute atomic E-state index is 5.71. The third kappa shape index (κ3) is 9.34. The van der Waals surface area contributed by atoms with E-state index in [9.17, 15) is 0 Å². The first-order chi connectivity index (χ1) is 49.6. The normalized spacial score (nSPS) is 11.8. The van der Waals surface area contributed by atoms with Crippen LogP contribution in [0, 0.1) is 0 Å². The molecule has 466 valence electrons. The molecule has 0 radical (unpaired) electrons. The largest absolute Gasteiger partial charge is 0.309 e. The highest BCUT2D eigenvalue weighted by Gasteiger charge is 2.22. The molecule has 0 N–H and O–H groups in total. The van der Waals surface area contributed by atoms with Gasteiger partial charge >= 0.3 is 0 Å². The van der Waals surface area contributed by atoms with Crippen LogP contribution in [0.2, 0.25) is 0 Å². The van der Waals surface area contributed by atoms with Crippen molar-refractivity contribution in [1.29, 1.82) is 0 Å². The molecule has 6 heteroatoms. The summed E-state index contributed by atoms with van der Waals surface area (Å²) in [5.41, 5.74) is 27.1. The van der Waals surface area contributed by atoms with Gasteiger partial charge in [0.25, 0.3) is 0 Å². The standard InChI is InChI=1S/C94H60N6/c1-5-23-61(24-6-1)63-43-48-74(62-25-7-2-8-26-62)81(55-63)85-60-84(68-27-21-33-72(53-68)99-86-39-17-13-35-75(86)79-49-44-66(58-92(79)99)64-46-51-90-82(56-64)77-37-15-19-41-88(77)97(90)70-29-9-3-10-30-70)95-94(96-85)69-28-22-34-73(54-69)100-87-40-18-14-36-76(87)80-50-45-67(59-93(80)100)65-47-52-91-83(57-65)78-38-16-20-42-89(78)98(91)71-31-11-4-12-32-71/h1-60H. The first-order valence-corrected chi connectivity index (χ1v) is 34.2. The second-order valence-corrected chi connectivity index (χ2v) is 26.1. The van der Waals surface area contributed by atoms with Gasteiger partial charge in [-0.1, -0.05) is 243 Å². The lowest BCUT2D eigenvalue weighted by Crippen LogP contribution is -2.00. The predicted octanol–water partition coefficient (Wildman–Crippen LogP) is 24.5. The van der Waals surface area contributed by atoms with E-state index < -0.39 is 0 Å². The lowest BCUT2D eigenvalue weighted by molar-refractivity contribution is 1.15. The Morgan fingerprint density at radius 3 is 1.01 bits per heavy atom. The summed E-state index contributed by atoms with van der Waals surface area (Å²) in [4.78, 5) is 11.4. The molecule has 5 heterocycles. The van der Waals surface area contributed by atoms with Gasteiger partial charge in [0.1, 0.15) is 0 Å². The van der Waals surface area contributed by atoms with Gasteiger partial charge in [0.15, 0.2) is 5.82 Å². The lowest BCUT2D eigenvalue weighted by atomic mass is 9.92. The van der Waals surface area contributed by atoms with Crippen molar-refractivity contribution < 1.29 is 0 Å². The maximum atomic E-state index is 5.71. The topological polar surface area (TPSA) is 45.5 Å². The van der Waals surface area contributed by atoms with Crippen molar-refractivity contribution in [3.8, 4) is 101 Å². The Kier molecular flexibility index (Phi) is 13.2. The molecule has 0 spiro atoms. The van der Waals surface area contributed by atoms with Crippen LogP contribution >= 0.6 is 0 Å². The molecule has 0 fully saturated rings. The van der Waals surface area contributed by atoms with Crippen LogP contribution in [-0.4, -0.2) is 28.2 Å². The lowest BCUT2D eigenvalue weighted by Gasteiger charge is -2.16. The highest BCUT2D eigenvalue weighted by molar-refractivity contribution is 6.15. The second kappa shape index (κ2) is 23.2. The van der Waals surface area contributed by atoms with Crippen LogP contribution in [0.3, 0.4) is 0 Å². The Labute approximate surface area is 577 Å². The molecule has 0 saturated carbocycles. The number of hydrogen-bond donors (Lipinski definition) is 0.